The van der Waals surface area contributed by atoms with Crippen LogP contribution in [0.1, 0.15) is 52.0 Å². The SMILES string of the molecule is COc1ccc(/C=C\[C@H]2CCO[C@H]2O[C@H]2C[C@@H](C)CC[C@@H]2C(C)C)cc1. The minimum Gasteiger partial charge on any atom is -0.497 e. The Bertz CT molecular complexity index is 578. The smallest absolute Gasteiger partial charge is 0.164 e. The Balaban J connectivity index is 1.62. The normalized spacial score (nSPS) is 32.4. The lowest BCUT2D eigenvalue weighted by Crippen LogP contribution is -2.38. The van der Waals surface area contributed by atoms with E-state index >= 15 is 0 Å². The van der Waals surface area contributed by atoms with Crippen molar-refractivity contribution in [1.29, 1.82) is 0 Å². The number of benzene rings is 1. The van der Waals surface area contributed by atoms with Gasteiger partial charge in [-0.15, -0.1) is 0 Å². The van der Waals surface area contributed by atoms with Gasteiger partial charge in [-0.25, -0.2) is 0 Å². The summed E-state index contributed by atoms with van der Waals surface area (Å²) in [6.07, 6.45) is 9.48. The molecule has 0 bridgehead atoms. The molecule has 0 amide bonds. The van der Waals surface area contributed by atoms with Crippen molar-refractivity contribution in [2.45, 2.75) is 58.8 Å². The molecule has 1 aliphatic heterocycles. The molecule has 3 heteroatoms. The Morgan fingerprint density at radius 3 is 2.58 bits per heavy atom. The first-order chi connectivity index (χ1) is 12.6. The molecule has 1 saturated heterocycles. The summed E-state index contributed by atoms with van der Waals surface area (Å²) in [7, 11) is 1.69. The van der Waals surface area contributed by atoms with Gasteiger partial charge in [-0.3, -0.25) is 0 Å². The van der Waals surface area contributed by atoms with Gasteiger partial charge in [0.15, 0.2) is 6.29 Å². The van der Waals surface area contributed by atoms with E-state index < -0.39 is 0 Å². The van der Waals surface area contributed by atoms with Gasteiger partial charge < -0.3 is 14.2 Å². The Labute approximate surface area is 158 Å². The van der Waals surface area contributed by atoms with E-state index in [0.29, 0.717) is 23.9 Å². The van der Waals surface area contributed by atoms with Crippen molar-refractivity contribution in [1.82, 2.24) is 0 Å². The molecule has 144 valence electrons. The summed E-state index contributed by atoms with van der Waals surface area (Å²) in [5.41, 5.74) is 1.18. The number of rotatable bonds is 6. The Morgan fingerprint density at radius 1 is 1.12 bits per heavy atom. The molecule has 2 fully saturated rings. The fourth-order valence-corrected chi connectivity index (χ4v) is 4.30. The van der Waals surface area contributed by atoms with Gasteiger partial charge >= 0.3 is 0 Å². The third kappa shape index (κ3) is 4.89. The van der Waals surface area contributed by atoms with Crippen molar-refractivity contribution in [3.8, 4) is 5.75 Å². The van der Waals surface area contributed by atoms with Crippen LogP contribution in [0.5, 0.6) is 5.75 Å². The second-order valence-corrected chi connectivity index (χ2v) is 8.32. The highest BCUT2D eigenvalue weighted by atomic mass is 16.7. The molecule has 0 aromatic heterocycles. The molecule has 5 atom stereocenters. The van der Waals surface area contributed by atoms with E-state index in [-0.39, 0.29) is 6.29 Å². The Hall–Kier alpha value is -1.32. The van der Waals surface area contributed by atoms with Gasteiger partial charge in [-0.2, -0.15) is 0 Å². The van der Waals surface area contributed by atoms with Crippen molar-refractivity contribution in [3.05, 3.63) is 35.9 Å². The Morgan fingerprint density at radius 2 is 1.88 bits per heavy atom. The van der Waals surface area contributed by atoms with Gasteiger partial charge in [0.1, 0.15) is 5.75 Å². The van der Waals surface area contributed by atoms with Crippen molar-refractivity contribution in [2.75, 3.05) is 13.7 Å². The fraction of sp³-hybridized carbons (Fsp3) is 0.652. The molecule has 0 unspecified atom stereocenters. The molecule has 1 aromatic rings. The summed E-state index contributed by atoms with van der Waals surface area (Å²) in [5, 5.41) is 0. The largest absolute Gasteiger partial charge is 0.497 e. The maximum Gasteiger partial charge on any atom is 0.164 e. The summed E-state index contributed by atoms with van der Waals surface area (Å²) in [4.78, 5) is 0. The maximum absolute atomic E-state index is 6.54. The maximum atomic E-state index is 6.54. The Kier molecular flexibility index (Phi) is 6.77. The quantitative estimate of drug-likeness (QED) is 0.667. The van der Waals surface area contributed by atoms with E-state index in [0.717, 1.165) is 31.1 Å². The number of hydrogen-bond donors (Lipinski definition) is 0. The number of methoxy groups -OCH3 is 1. The van der Waals surface area contributed by atoms with Gasteiger partial charge in [0, 0.05) is 5.92 Å². The highest BCUT2D eigenvalue weighted by molar-refractivity contribution is 5.50. The lowest BCUT2D eigenvalue weighted by molar-refractivity contribution is -0.184. The number of ether oxygens (including phenoxy) is 3. The second kappa shape index (κ2) is 9.05. The van der Waals surface area contributed by atoms with Crippen LogP contribution in [0.25, 0.3) is 6.08 Å². The first kappa shape index (κ1) is 19.4. The van der Waals surface area contributed by atoms with Crippen LogP contribution in [0, 0.1) is 23.7 Å². The zero-order chi connectivity index (χ0) is 18.5. The first-order valence-corrected chi connectivity index (χ1v) is 10.2. The molecule has 0 radical (unpaired) electrons. The molecular weight excluding hydrogens is 324 g/mol. The van der Waals surface area contributed by atoms with Crippen LogP contribution >= 0.6 is 0 Å². The molecule has 1 saturated carbocycles. The van der Waals surface area contributed by atoms with Crippen molar-refractivity contribution >= 4 is 6.08 Å². The van der Waals surface area contributed by atoms with Gasteiger partial charge in [0.2, 0.25) is 0 Å². The second-order valence-electron chi connectivity index (χ2n) is 8.32. The monoisotopic (exact) mass is 358 g/mol. The minimum absolute atomic E-state index is 0.0963. The summed E-state index contributed by atoms with van der Waals surface area (Å²) in [6, 6.07) is 8.15. The molecule has 1 aliphatic carbocycles. The summed E-state index contributed by atoms with van der Waals surface area (Å²) in [5.74, 6) is 3.30. The zero-order valence-electron chi connectivity index (χ0n) is 16.7. The first-order valence-electron chi connectivity index (χ1n) is 10.2. The van der Waals surface area contributed by atoms with Crippen LogP contribution in [0.15, 0.2) is 30.3 Å². The fourth-order valence-electron chi connectivity index (χ4n) is 4.30. The number of hydrogen-bond acceptors (Lipinski definition) is 3. The molecule has 1 aromatic carbocycles. The molecule has 0 spiro atoms. The average molecular weight is 359 g/mol. The van der Waals surface area contributed by atoms with E-state index in [9.17, 15) is 0 Å². The lowest BCUT2D eigenvalue weighted by Gasteiger charge is -2.38. The van der Waals surface area contributed by atoms with Crippen LogP contribution in [0.2, 0.25) is 0 Å². The average Bonchev–Trinajstić information content (AvgIpc) is 3.07. The predicted molar refractivity (Wildman–Crippen MR) is 106 cm³/mol. The molecule has 26 heavy (non-hydrogen) atoms. The van der Waals surface area contributed by atoms with Crippen molar-refractivity contribution < 1.29 is 14.2 Å². The van der Waals surface area contributed by atoms with Gasteiger partial charge in [0.25, 0.3) is 0 Å². The van der Waals surface area contributed by atoms with E-state index in [4.69, 9.17) is 14.2 Å². The van der Waals surface area contributed by atoms with Crippen LogP contribution in [-0.2, 0) is 9.47 Å². The highest BCUT2D eigenvalue weighted by Crippen LogP contribution is 2.38. The van der Waals surface area contributed by atoms with E-state index in [2.05, 4.69) is 45.1 Å². The van der Waals surface area contributed by atoms with Crippen molar-refractivity contribution in [2.24, 2.45) is 23.7 Å². The highest BCUT2D eigenvalue weighted by Gasteiger charge is 2.36. The van der Waals surface area contributed by atoms with Crippen molar-refractivity contribution in [3.63, 3.8) is 0 Å². The lowest BCUT2D eigenvalue weighted by atomic mass is 9.75. The van der Waals surface area contributed by atoms with Crippen LogP contribution in [0.3, 0.4) is 0 Å². The van der Waals surface area contributed by atoms with Crippen LogP contribution in [-0.4, -0.2) is 26.1 Å². The molecule has 3 nitrogen and oxygen atoms in total. The minimum atomic E-state index is -0.0963. The molecule has 3 rings (SSSR count). The van der Waals surface area contributed by atoms with Gasteiger partial charge in [-0.1, -0.05) is 51.5 Å². The molecule has 1 heterocycles. The van der Waals surface area contributed by atoms with E-state index in [1.54, 1.807) is 7.11 Å². The predicted octanol–water partition coefficient (Wildman–Crippen LogP) is 5.55. The molecular formula is C23H34O3. The topological polar surface area (TPSA) is 27.7 Å². The summed E-state index contributed by atoms with van der Waals surface area (Å²) in [6.45, 7) is 7.79. The van der Waals surface area contributed by atoms with E-state index in [1.165, 1.54) is 18.4 Å². The molecule has 0 N–H and O–H groups in total. The molecule has 2 aliphatic rings. The van der Waals surface area contributed by atoms with Crippen LogP contribution in [0.4, 0.5) is 0 Å². The zero-order valence-corrected chi connectivity index (χ0v) is 16.7. The van der Waals surface area contributed by atoms with Gasteiger partial charge in [-0.05, 0) is 54.7 Å². The van der Waals surface area contributed by atoms with Crippen LogP contribution < -0.4 is 4.74 Å². The van der Waals surface area contributed by atoms with E-state index in [1.807, 2.05) is 12.1 Å². The summed E-state index contributed by atoms with van der Waals surface area (Å²) < 4.78 is 17.7. The summed E-state index contributed by atoms with van der Waals surface area (Å²) >= 11 is 0. The van der Waals surface area contributed by atoms with Gasteiger partial charge in [0.05, 0.1) is 19.8 Å². The third-order valence-corrected chi connectivity index (χ3v) is 6.00. The third-order valence-electron chi connectivity index (χ3n) is 6.00. The standard InChI is InChI=1S/C23H34O3/c1-16(2)21-12-5-17(3)15-22(21)26-23-19(13-14-25-23)9-6-18-7-10-20(24-4)11-8-18/h6-11,16-17,19,21-23H,5,12-15H2,1-4H3/b9-6-/t17-,19-,21+,22-,23-/m0/s1.